The number of fused-ring (bicyclic) bond motifs is 1. The Morgan fingerprint density at radius 2 is 1.62 bits per heavy atom. The van der Waals surface area contributed by atoms with Crippen molar-refractivity contribution in [2.45, 2.75) is 31.5 Å². The van der Waals surface area contributed by atoms with Crippen molar-refractivity contribution in [3.8, 4) is 11.1 Å². The van der Waals surface area contributed by atoms with Gasteiger partial charge in [0.05, 0.1) is 12.6 Å². The van der Waals surface area contributed by atoms with Gasteiger partial charge in [0.25, 0.3) is 6.47 Å². The van der Waals surface area contributed by atoms with E-state index >= 15 is 0 Å². The lowest BCUT2D eigenvalue weighted by molar-refractivity contribution is -0.122. The highest BCUT2D eigenvalue weighted by Crippen LogP contribution is 2.39. The van der Waals surface area contributed by atoms with Gasteiger partial charge in [-0.3, -0.25) is 4.79 Å². The highest BCUT2D eigenvalue weighted by atomic mass is 16.3. The number of nitrogens with zero attached hydrogens (tertiary/aromatic N) is 6. The standard InChI is InChI=1S/C24H30N6O.CH2O2/c1-28(2)22-12-20-15-29(16-21(20)13-23(22)31)24-25-26-27-30(24)14-17-8-10-19(11-9-17)18-6-4-3-5-7-18;2-1-3/h3-11,20-23,31H,12-16H2,1-2H3;1H,(H,2,3)/t20-,21+,22-,23-;/m1./s1. The molecule has 2 aromatic carbocycles. The summed E-state index contributed by atoms with van der Waals surface area (Å²) in [5.41, 5.74) is 3.60. The molecule has 2 fully saturated rings. The van der Waals surface area contributed by atoms with E-state index in [2.05, 4.69) is 88.0 Å². The summed E-state index contributed by atoms with van der Waals surface area (Å²) >= 11 is 0. The Morgan fingerprint density at radius 1 is 1.00 bits per heavy atom. The average Bonchev–Trinajstić information content (AvgIpc) is 3.46. The number of carboxylic acid groups (broad SMARTS) is 1. The first-order valence-electron chi connectivity index (χ1n) is 11.6. The van der Waals surface area contributed by atoms with Crippen molar-refractivity contribution >= 4 is 12.4 Å². The van der Waals surface area contributed by atoms with Crippen molar-refractivity contribution < 1.29 is 15.0 Å². The van der Waals surface area contributed by atoms with Gasteiger partial charge in [-0.05, 0) is 65.9 Å². The second kappa shape index (κ2) is 10.8. The van der Waals surface area contributed by atoms with E-state index in [1.807, 2.05) is 10.7 Å². The number of rotatable bonds is 5. The fourth-order valence-electron chi connectivity index (χ4n) is 5.26. The SMILES string of the molecule is CN(C)[C@@H]1C[C@@H]2CN(c3nnnn3Cc3ccc(-c4ccccc4)cc3)C[C@@H]2C[C@H]1O.O=CO. The molecule has 9 heteroatoms. The predicted molar refractivity (Wildman–Crippen MR) is 129 cm³/mol. The Morgan fingerprint density at radius 3 is 2.26 bits per heavy atom. The Hall–Kier alpha value is -3.30. The summed E-state index contributed by atoms with van der Waals surface area (Å²) in [7, 11) is 4.12. The van der Waals surface area contributed by atoms with Crippen molar-refractivity contribution in [1.82, 2.24) is 25.1 Å². The van der Waals surface area contributed by atoms with Crippen molar-refractivity contribution in [3.63, 3.8) is 0 Å². The largest absolute Gasteiger partial charge is 0.483 e. The zero-order valence-corrected chi connectivity index (χ0v) is 19.6. The molecule has 1 aliphatic heterocycles. The third kappa shape index (κ3) is 5.26. The van der Waals surface area contributed by atoms with E-state index < -0.39 is 0 Å². The zero-order valence-electron chi connectivity index (χ0n) is 19.6. The van der Waals surface area contributed by atoms with Gasteiger partial charge in [-0.1, -0.05) is 59.7 Å². The molecule has 0 spiro atoms. The van der Waals surface area contributed by atoms with E-state index in [1.54, 1.807) is 0 Å². The first-order chi connectivity index (χ1) is 16.5. The van der Waals surface area contributed by atoms with E-state index in [0.29, 0.717) is 18.4 Å². The van der Waals surface area contributed by atoms with Crippen LogP contribution in [0.4, 0.5) is 5.95 Å². The normalized spacial score (nSPS) is 23.8. The Bertz CT molecular complexity index is 1060. The van der Waals surface area contributed by atoms with Gasteiger partial charge < -0.3 is 20.0 Å². The summed E-state index contributed by atoms with van der Waals surface area (Å²) < 4.78 is 1.90. The van der Waals surface area contributed by atoms with Crippen LogP contribution in [0.3, 0.4) is 0 Å². The smallest absolute Gasteiger partial charge is 0.290 e. The van der Waals surface area contributed by atoms with Gasteiger partial charge >= 0.3 is 0 Å². The van der Waals surface area contributed by atoms with Crippen LogP contribution >= 0.6 is 0 Å². The number of aliphatic hydroxyl groups excluding tert-OH is 1. The lowest BCUT2D eigenvalue weighted by Crippen LogP contribution is -2.46. The predicted octanol–water partition coefficient (Wildman–Crippen LogP) is 2.23. The highest BCUT2D eigenvalue weighted by molar-refractivity contribution is 5.63. The van der Waals surface area contributed by atoms with Gasteiger partial charge in [0.15, 0.2) is 0 Å². The van der Waals surface area contributed by atoms with Gasteiger partial charge in [-0.15, -0.1) is 0 Å². The molecule has 0 bridgehead atoms. The monoisotopic (exact) mass is 464 g/mol. The zero-order chi connectivity index (χ0) is 24.1. The van der Waals surface area contributed by atoms with Crippen molar-refractivity contribution in [2.75, 3.05) is 32.1 Å². The van der Waals surface area contributed by atoms with Gasteiger partial charge in [0, 0.05) is 19.1 Å². The molecule has 4 atom stereocenters. The van der Waals surface area contributed by atoms with E-state index in [-0.39, 0.29) is 18.6 Å². The maximum Gasteiger partial charge on any atom is 0.290 e. The van der Waals surface area contributed by atoms with E-state index in [1.165, 1.54) is 16.7 Å². The van der Waals surface area contributed by atoms with Crippen LogP contribution in [0.25, 0.3) is 11.1 Å². The van der Waals surface area contributed by atoms with Crippen LogP contribution in [-0.4, -0.2) is 81.1 Å². The molecule has 0 unspecified atom stereocenters. The van der Waals surface area contributed by atoms with Crippen molar-refractivity contribution in [2.24, 2.45) is 11.8 Å². The van der Waals surface area contributed by atoms with Gasteiger partial charge in [0.2, 0.25) is 5.95 Å². The second-order valence-electron chi connectivity index (χ2n) is 9.30. The summed E-state index contributed by atoms with van der Waals surface area (Å²) in [6.45, 7) is 2.26. The molecular weight excluding hydrogens is 432 g/mol. The molecule has 34 heavy (non-hydrogen) atoms. The third-order valence-corrected chi connectivity index (χ3v) is 6.96. The number of tetrazole rings is 1. The molecule has 9 nitrogen and oxygen atoms in total. The molecule has 1 aromatic heterocycles. The van der Waals surface area contributed by atoms with Crippen LogP contribution < -0.4 is 4.90 Å². The van der Waals surface area contributed by atoms with E-state index in [4.69, 9.17) is 9.90 Å². The molecule has 0 amide bonds. The number of likely N-dealkylation sites (N-methyl/N-ethyl adjacent to an activating group) is 1. The molecule has 2 aliphatic rings. The number of hydrogen-bond acceptors (Lipinski definition) is 7. The average molecular weight is 465 g/mol. The van der Waals surface area contributed by atoms with E-state index in [9.17, 15) is 5.11 Å². The lowest BCUT2D eigenvalue weighted by Gasteiger charge is -2.38. The highest BCUT2D eigenvalue weighted by Gasteiger charge is 2.43. The van der Waals surface area contributed by atoms with Crippen LogP contribution in [0.1, 0.15) is 18.4 Å². The number of hydrogen-bond donors (Lipinski definition) is 2. The van der Waals surface area contributed by atoms with Crippen LogP contribution in [0.15, 0.2) is 54.6 Å². The number of benzene rings is 2. The van der Waals surface area contributed by atoms with Gasteiger partial charge in [0.1, 0.15) is 0 Å². The third-order valence-electron chi connectivity index (χ3n) is 6.96. The number of carbonyl (C=O) groups is 1. The molecule has 1 aliphatic carbocycles. The summed E-state index contributed by atoms with van der Waals surface area (Å²) in [6.07, 6.45) is 1.63. The molecule has 1 saturated carbocycles. The number of anilines is 1. The number of aliphatic hydroxyl groups is 1. The van der Waals surface area contributed by atoms with Crippen LogP contribution in [0.5, 0.6) is 0 Å². The Kier molecular flexibility index (Phi) is 7.54. The number of aromatic nitrogens is 4. The maximum absolute atomic E-state index is 10.6. The fourth-order valence-corrected chi connectivity index (χ4v) is 5.26. The first-order valence-corrected chi connectivity index (χ1v) is 11.6. The van der Waals surface area contributed by atoms with Gasteiger partial charge in [-0.25, -0.2) is 4.68 Å². The molecule has 180 valence electrons. The van der Waals surface area contributed by atoms with Crippen LogP contribution in [0.2, 0.25) is 0 Å². The first kappa shape index (κ1) is 23.8. The van der Waals surface area contributed by atoms with Crippen LogP contribution in [0, 0.1) is 11.8 Å². The summed E-state index contributed by atoms with van der Waals surface area (Å²) in [5, 5.41) is 30.0. The molecule has 0 radical (unpaired) electrons. The molecule has 1 saturated heterocycles. The molecular formula is C25H32N6O3. The minimum Gasteiger partial charge on any atom is -0.483 e. The maximum atomic E-state index is 10.6. The summed E-state index contributed by atoms with van der Waals surface area (Å²) in [6, 6.07) is 19.2. The quantitative estimate of drug-likeness (QED) is 0.554. The Balaban J connectivity index is 0.000000868. The Labute approximate surface area is 199 Å². The molecule has 5 rings (SSSR count). The van der Waals surface area contributed by atoms with Crippen molar-refractivity contribution in [1.29, 1.82) is 0 Å². The lowest BCUT2D eigenvalue weighted by atomic mass is 9.77. The van der Waals surface area contributed by atoms with Crippen molar-refractivity contribution in [3.05, 3.63) is 60.2 Å². The summed E-state index contributed by atoms with van der Waals surface area (Å²) in [5.74, 6) is 1.91. The van der Waals surface area contributed by atoms with Crippen LogP contribution in [-0.2, 0) is 11.3 Å². The molecule has 2 heterocycles. The van der Waals surface area contributed by atoms with E-state index in [0.717, 1.165) is 31.9 Å². The summed E-state index contributed by atoms with van der Waals surface area (Å²) in [4.78, 5) is 12.8. The fraction of sp³-hybridized carbons (Fsp3) is 0.440. The topological polar surface area (TPSA) is 108 Å². The minimum atomic E-state index is -0.254. The van der Waals surface area contributed by atoms with Gasteiger partial charge in [-0.2, -0.15) is 0 Å². The molecule has 3 aromatic rings. The second-order valence-corrected chi connectivity index (χ2v) is 9.30. The molecule has 2 N–H and O–H groups in total. The minimum absolute atomic E-state index is 0.236.